The van der Waals surface area contributed by atoms with Crippen molar-refractivity contribution in [2.45, 2.75) is 11.8 Å². The van der Waals surface area contributed by atoms with Crippen molar-refractivity contribution < 1.29 is 23.8 Å². The Hall–Kier alpha value is -1.55. The summed E-state index contributed by atoms with van der Waals surface area (Å²) in [5.41, 5.74) is 0.227. The normalized spacial score (nSPS) is 25.6. The molecule has 3 N–H and O–H groups in total. The lowest BCUT2D eigenvalue weighted by Crippen LogP contribution is -2.30. The molecule has 2 heterocycles. The molecule has 1 aromatic carbocycles. The third kappa shape index (κ3) is 2.64. The van der Waals surface area contributed by atoms with Crippen LogP contribution in [0.3, 0.4) is 0 Å². The quantitative estimate of drug-likeness (QED) is 0.799. The number of aliphatic hydroxyl groups is 1. The number of cyclic esters (lactones) is 1. The van der Waals surface area contributed by atoms with Crippen LogP contribution in [0.5, 0.6) is 0 Å². The number of amides is 1. The van der Waals surface area contributed by atoms with Gasteiger partial charge in [-0.1, -0.05) is 11.9 Å². The minimum Gasteiger partial charge on any atom is -0.447 e. The summed E-state index contributed by atoms with van der Waals surface area (Å²) in [5.74, 6) is -0.567. The maximum Gasteiger partial charge on any atom is 0.414 e. The van der Waals surface area contributed by atoms with Gasteiger partial charge in [0.15, 0.2) is 0 Å². The lowest BCUT2D eigenvalue weighted by Gasteiger charge is -2.22. The number of anilines is 2. The second-order valence-electron chi connectivity index (χ2n) is 4.58. The van der Waals surface area contributed by atoms with E-state index in [9.17, 15) is 14.3 Å². The van der Waals surface area contributed by atoms with Crippen LogP contribution in [0.4, 0.5) is 20.6 Å². The van der Waals surface area contributed by atoms with Crippen LogP contribution < -0.4 is 14.9 Å². The maximum atomic E-state index is 14.2. The van der Waals surface area contributed by atoms with Gasteiger partial charge < -0.3 is 19.5 Å². The van der Waals surface area contributed by atoms with Crippen molar-refractivity contribution in [3.63, 3.8) is 0 Å². The fraction of sp³-hybridized carbons (Fsp3) is 0.417. The Morgan fingerprint density at radius 3 is 2.86 bits per heavy atom. The van der Waals surface area contributed by atoms with Gasteiger partial charge in [0.25, 0.3) is 0 Å². The molecule has 3 rings (SSSR count). The number of nitrogens with two attached hydrogens (primary N) is 1. The summed E-state index contributed by atoms with van der Waals surface area (Å²) >= 11 is 0.976. The van der Waals surface area contributed by atoms with Crippen molar-refractivity contribution in [1.29, 1.82) is 0 Å². The number of hydrogen-bond donors (Lipinski definition) is 2. The van der Waals surface area contributed by atoms with Crippen molar-refractivity contribution in [3.05, 3.63) is 24.0 Å². The summed E-state index contributed by atoms with van der Waals surface area (Å²) in [5, 5.41) is 15.2. The number of ether oxygens (including phenoxy) is 2. The predicted molar refractivity (Wildman–Crippen MR) is 75.1 cm³/mol. The van der Waals surface area contributed by atoms with Crippen LogP contribution in [0.15, 0.2) is 18.2 Å². The summed E-state index contributed by atoms with van der Waals surface area (Å²) in [7, 11) is 0. The molecule has 0 aliphatic carbocycles. The van der Waals surface area contributed by atoms with E-state index in [1.54, 1.807) is 6.07 Å². The van der Waals surface area contributed by atoms with E-state index in [0.717, 1.165) is 11.9 Å². The van der Waals surface area contributed by atoms with Gasteiger partial charge in [-0.15, -0.1) is 0 Å². The summed E-state index contributed by atoms with van der Waals surface area (Å²) in [6.07, 6.45) is -1.74. The minimum absolute atomic E-state index is 0.153. The SMILES string of the molecule is NS[C@H]1CN(c2ccc(N3CCOC3=O)c(F)c2)C(O)O1. The minimum atomic E-state index is -1.17. The monoisotopic (exact) mass is 315 g/mol. The Kier molecular flexibility index (Phi) is 3.89. The van der Waals surface area contributed by atoms with E-state index in [1.165, 1.54) is 21.9 Å². The highest BCUT2D eigenvalue weighted by molar-refractivity contribution is 7.97. The molecule has 0 aromatic heterocycles. The van der Waals surface area contributed by atoms with Gasteiger partial charge in [0, 0.05) is 5.69 Å². The molecule has 21 heavy (non-hydrogen) atoms. The van der Waals surface area contributed by atoms with Crippen LogP contribution in [0.25, 0.3) is 0 Å². The zero-order valence-corrected chi connectivity index (χ0v) is 11.8. The van der Waals surface area contributed by atoms with Gasteiger partial charge in [0.1, 0.15) is 17.9 Å². The van der Waals surface area contributed by atoms with Gasteiger partial charge in [-0.25, -0.2) is 9.18 Å². The van der Waals surface area contributed by atoms with Crippen LogP contribution in [0, 0.1) is 5.82 Å². The highest BCUT2D eigenvalue weighted by Crippen LogP contribution is 2.31. The number of halogens is 1. The molecular weight excluding hydrogens is 301 g/mol. The number of aliphatic hydroxyl groups excluding tert-OH is 1. The molecule has 0 saturated carbocycles. The summed E-state index contributed by atoms with van der Waals surface area (Å²) in [4.78, 5) is 14.2. The Bertz CT molecular complexity index is 561. The fourth-order valence-electron chi connectivity index (χ4n) is 2.32. The molecule has 114 valence electrons. The molecule has 1 aromatic rings. The second kappa shape index (κ2) is 5.68. The van der Waals surface area contributed by atoms with Gasteiger partial charge in [0.05, 0.1) is 18.8 Å². The van der Waals surface area contributed by atoms with Gasteiger partial charge in [-0.05, 0) is 18.2 Å². The lowest BCUT2D eigenvalue weighted by molar-refractivity contribution is -0.0662. The number of carbonyl (C=O) groups excluding carboxylic acids is 1. The lowest BCUT2D eigenvalue weighted by atomic mass is 10.2. The van der Waals surface area contributed by atoms with E-state index >= 15 is 0 Å². The molecule has 9 heteroatoms. The largest absolute Gasteiger partial charge is 0.447 e. The van der Waals surface area contributed by atoms with Crippen molar-refractivity contribution in [1.82, 2.24) is 0 Å². The summed E-state index contributed by atoms with van der Waals surface area (Å²) in [6, 6.07) is 4.34. The molecule has 2 saturated heterocycles. The maximum absolute atomic E-state index is 14.2. The Labute approximate surface area is 124 Å². The number of carbonyl (C=O) groups is 1. The molecule has 0 bridgehead atoms. The van der Waals surface area contributed by atoms with Crippen molar-refractivity contribution in [3.8, 4) is 0 Å². The first-order chi connectivity index (χ1) is 10.1. The Morgan fingerprint density at radius 1 is 1.48 bits per heavy atom. The molecule has 1 amide bonds. The number of hydrogen-bond acceptors (Lipinski definition) is 7. The van der Waals surface area contributed by atoms with E-state index < -0.39 is 18.3 Å². The van der Waals surface area contributed by atoms with E-state index in [1.807, 2.05) is 0 Å². The Balaban J connectivity index is 1.83. The summed E-state index contributed by atoms with van der Waals surface area (Å²) in [6.45, 7) is 0.900. The van der Waals surface area contributed by atoms with Crippen LogP contribution in [-0.2, 0) is 9.47 Å². The molecule has 2 atom stereocenters. The first kappa shape index (κ1) is 14.4. The van der Waals surface area contributed by atoms with Gasteiger partial charge >= 0.3 is 6.09 Å². The average Bonchev–Trinajstić information content (AvgIpc) is 3.05. The first-order valence-electron chi connectivity index (χ1n) is 6.29. The third-order valence-electron chi connectivity index (χ3n) is 3.35. The molecule has 2 fully saturated rings. The summed E-state index contributed by atoms with van der Waals surface area (Å²) < 4.78 is 24.2. The van der Waals surface area contributed by atoms with Crippen LogP contribution in [0.2, 0.25) is 0 Å². The Morgan fingerprint density at radius 2 is 2.29 bits per heavy atom. The van der Waals surface area contributed by atoms with Gasteiger partial charge in [-0.3, -0.25) is 10.0 Å². The molecule has 2 aliphatic rings. The first-order valence-corrected chi connectivity index (χ1v) is 7.24. The average molecular weight is 315 g/mol. The smallest absolute Gasteiger partial charge is 0.414 e. The van der Waals surface area contributed by atoms with Crippen LogP contribution >= 0.6 is 11.9 Å². The highest BCUT2D eigenvalue weighted by Gasteiger charge is 2.32. The zero-order chi connectivity index (χ0) is 15.0. The van der Waals surface area contributed by atoms with E-state index in [-0.39, 0.29) is 17.7 Å². The van der Waals surface area contributed by atoms with Crippen LogP contribution in [0.1, 0.15) is 0 Å². The molecule has 0 radical (unpaired) electrons. The van der Waals surface area contributed by atoms with E-state index in [0.29, 0.717) is 18.8 Å². The molecule has 7 nitrogen and oxygen atoms in total. The fourth-order valence-corrected chi connectivity index (χ4v) is 2.73. The number of rotatable bonds is 3. The second-order valence-corrected chi connectivity index (χ2v) is 5.38. The predicted octanol–water partition coefficient (Wildman–Crippen LogP) is 0.828. The van der Waals surface area contributed by atoms with E-state index in [4.69, 9.17) is 14.6 Å². The van der Waals surface area contributed by atoms with E-state index in [2.05, 4.69) is 0 Å². The van der Waals surface area contributed by atoms with Crippen molar-refractivity contribution in [2.24, 2.45) is 5.14 Å². The standard InChI is InChI=1S/C12H14FN3O4S/c13-8-5-7(16-6-10(21-14)20-12(16)18)1-2-9(8)15-3-4-19-11(15)17/h1-2,5,10,12,18H,3-4,6,14H2/t10-,12?/m0/s1. The topological polar surface area (TPSA) is 88.3 Å². The highest BCUT2D eigenvalue weighted by atomic mass is 32.2. The number of benzene rings is 1. The molecule has 1 unspecified atom stereocenters. The van der Waals surface area contributed by atoms with Crippen molar-refractivity contribution in [2.75, 3.05) is 29.5 Å². The third-order valence-corrected chi connectivity index (χ3v) is 3.92. The molecule has 2 aliphatic heterocycles. The number of nitrogens with zero attached hydrogens (tertiary/aromatic N) is 2. The van der Waals surface area contributed by atoms with Gasteiger partial charge in [0.2, 0.25) is 6.41 Å². The van der Waals surface area contributed by atoms with Crippen molar-refractivity contribution >= 4 is 29.4 Å². The molecular formula is C12H14FN3O4S. The van der Waals surface area contributed by atoms with Gasteiger partial charge in [-0.2, -0.15) is 0 Å². The zero-order valence-electron chi connectivity index (χ0n) is 10.9. The molecule has 0 spiro atoms. The van der Waals surface area contributed by atoms with Crippen LogP contribution in [-0.4, -0.2) is 42.7 Å².